The van der Waals surface area contributed by atoms with Gasteiger partial charge in [-0.2, -0.15) is 5.10 Å². The monoisotopic (exact) mass is 558 g/mol. The number of H-pyrrole nitrogens is 1. The van der Waals surface area contributed by atoms with Crippen molar-refractivity contribution in [2.75, 3.05) is 11.9 Å². The van der Waals surface area contributed by atoms with Crippen LogP contribution < -0.4 is 5.32 Å². The Morgan fingerprint density at radius 1 is 1.28 bits per heavy atom. The molecule has 2 aliphatic rings. The van der Waals surface area contributed by atoms with Crippen LogP contribution in [0.4, 0.5) is 20.5 Å². The zero-order valence-electron chi connectivity index (χ0n) is 22.1. The Bertz CT molecular complexity index is 1360. The van der Waals surface area contributed by atoms with Gasteiger partial charge in [0.15, 0.2) is 11.6 Å². The van der Waals surface area contributed by atoms with Crippen LogP contribution in [0.3, 0.4) is 0 Å². The number of piperidine rings is 1. The lowest BCUT2D eigenvalue weighted by atomic mass is 9.71. The minimum Gasteiger partial charge on any atom is -0.481 e. The molecule has 3 N–H and O–H groups in total. The van der Waals surface area contributed by atoms with E-state index in [-0.39, 0.29) is 41.5 Å². The number of nitrogens with zero attached hydrogens (tertiary/aromatic N) is 4. The molecule has 2 atom stereocenters. The largest absolute Gasteiger partial charge is 0.481 e. The molecule has 1 aliphatic heterocycles. The Kier molecular flexibility index (Phi) is 7.87. The number of nitrogens with one attached hydrogen (secondary N) is 2. The van der Waals surface area contributed by atoms with Crippen molar-refractivity contribution in [3.63, 3.8) is 0 Å². The van der Waals surface area contributed by atoms with Gasteiger partial charge in [0.05, 0.1) is 21.8 Å². The fourth-order valence-corrected chi connectivity index (χ4v) is 5.90. The summed E-state index contributed by atoms with van der Waals surface area (Å²) in [6.45, 7) is 4.60. The molecule has 0 radical (unpaired) electrons. The van der Waals surface area contributed by atoms with Gasteiger partial charge in [-0.15, -0.1) is 0 Å². The second-order valence-electron chi connectivity index (χ2n) is 10.8. The molecule has 8 nitrogen and oxygen atoms in total. The van der Waals surface area contributed by atoms with Gasteiger partial charge in [0.1, 0.15) is 5.82 Å². The maximum Gasteiger partial charge on any atom is 0.310 e. The van der Waals surface area contributed by atoms with E-state index >= 15 is 4.39 Å². The summed E-state index contributed by atoms with van der Waals surface area (Å²) in [6, 6.07) is 6.57. The minimum absolute atomic E-state index is 0.00757. The van der Waals surface area contributed by atoms with E-state index < -0.39 is 23.0 Å². The van der Waals surface area contributed by atoms with Gasteiger partial charge in [0.25, 0.3) is 0 Å². The number of anilines is 2. The summed E-state index contributed by atoms with van der Waals surface area (Å²) in [5, 5.41) is 20.6. The van der Waals surface area contributed by atoms with Gasteiger partial charge in [0, 0.05) is 42.2 Å². The van der Waals surface area contributed by atoms with Crippen molar-refractivity contribution in [3.05, 3.63) is 63.6 Å². The third-order valence-corrected chi connectivity index (χ3v) is 8.53. The van der Waals surface area contributed by atoms with Crippen LogP contribution in [0.5, 0.6) is 0 Å². The summed E-state index contributed by atoms with van der Waals surface area (Å²) < 4.78 is 30.5. The van der Waals surface area contributed by atoms with Gasteiger partial charge in [-0.1, -0.05) is 37.1 Å². The first-order chi connectivity index (χ1) is 18.7. The lowest BCUT2D eigenvalue weighted by Crippen LogP contribution is -2.50. The fourth-order valence-electron chi connectivity index (χ4n) is 5.71. The molecule has 5 rings (SSSR count). The predicted octanol–water partition coefficient (Wildman–Crippen LogP) is 6.14. The number of hydrogen-bond acceptors (Lipinski definition) is 6. The second-order valence-corrected chi connectivity index (χ2v) is 11.3. The maximum absolute atomic E-state index is 15.8. The lowest BCUT2D eigenvalue weighted by molar-refractivity contribution is -0.154. The third-order valence-electron chi connectivity index (χ3n) is 8.24. The van der Waals surface area contributed by atoms with E-state index in [1.165, 1.54) is 6.07 Å². The summed E-state index contributed by atoms with van der Waals surface area (Å²) in [7, 11) is 0. The molecule has 0 bridgehead atoms. The van der Waals surface area contributed by atoms with Crippen molar-refractivity contribution in [2.45, 2.75) is 77.3 Å². The van der Waals surface area contributed by atoms with Crippen molar-refractivity contribution in [1.82, 2.24) is 25.1 Å². The van der Waals surface area contributed by atoms with Crippen LogP contribution in [0.15, 0.2) is 24.3 Å². The van der Waals surface area contributed by atoms with Gasteiger partial charge in [-0.3, -0.25) is 14.8 Å². The van der Waals surface area contributed by atoms with E-state index in [9.17, 15) is 14.3 Å². The van der Waals surface area contributed by atoms with Crippen LogP contribution in [0, 0.1) is 24.0 Å². The highest BCUT2D eigenvalue weighted by molar-refractivity contribution is 6.30. The highest BCUT2D eigenvalue weighted by Gasteiger charge is 2.46. The number of benzene rings is 1. The van der Waals surface area contributed by atoms with Crippen molar-refractivity contribution in [1.29, 1.82) is 0 Å². The highest BCUT2D eigenvalue weighted by Crippen LogP contribution is 2.42. The molecule has 0 amide bonds. The van der Waals surface area contributed by atoms with Gasteiger partial charge in [-0.05, 0) is 51.6 Å². The van der Waals surface area contributed by atoms with E-state index in [1.54, 1.807) is 18.2 Å². The van der Waals surface area contributed by atoms with Gasteiger partial charge in [0.2, 0.25) is 5.95 Å². The number of carboxylic acids is 1. The summed E-state index contributed by atoms with van der Waals surface area (Å²) in [6.07, 6.45) is 3.87. The molecule has 2 aromatic heterocycles. The number of carbonyl (C=O) groups is 1. The molecule has 1 saturated carbocycles. The Labute approximate surface area is 231 Å². The normalized spacial score (nSPS) is 22.0. The number of rotatable bonds is 9. The van der Waals surface area contributed by atoms with Crippen molar-refractivity contribution in [2.24, 2.45) is 5.41 Å². The summed E-state index contributed by atoms with van der Waals surface area (Å²) in [5.74, 6) is -1.24. The van der Waals surface area contributed by atoms with Crippen LogP contribution in [-0.4, -0.2) is 48.7 Å². The molecule has 1 aromatic carbocycles. The van der Waals surface area contributed by atoms with Crippen LogP contribution in [0.25, 0.3) is 0 Å². The number of halogens is 3. The molecule has 1 aliphatic carbocycles. The average Bonchev–Trinajstić information content (AvgIpc) is 3.28. The van der Waals surface area contributed by atoms with Crippen molar-refractivity contribution in [3.8, 4) is 0 Å². The number of aromatic amines is 1. The van der Waals surface area contributed by atoms with Gasteiger partial charge < -0.3 is 10.4 Å². The number of hydrogen-bond donors (Lipinski definition) is 3. The topological polar surface area (TPSA) is 107 Å². The number of aliphatic carboxylic acids is 1. The van der Waals surface area contributed by atoms with E-state index in [0.29, 0.717) is 43.0 Å². The molecular formula is C28H33ClF2N6O2. The first-order valence-electron chi connectivity index (χ1n) is 13.4. The highest BCUT2D eigenvalue weighted by atomic mass is 35.5. The smallest absolute Gasteiger partial charge is 0.310 e. The SMILES string of the molecule is CC[C@@H]1C[C@](Cc2nc(Nc3cc(C)[nH]n3)nc(C3CCC3)c2F)(C(=O)O)CCN1Cc1cccc(Cl)c1F. The molecule has 39 heavy (non-hydrogen) atoms. The van der Waals surface area contributed by atoms with Gasteiger partial charge >= 0.3 is 5.97 Å². The summed E-state index contributed by atoms with van der Waals surface area (Å²) in [5.41, 5.74) is 0.547. The van der Waals surface area contributed by atoms with Crippen LogP contribution in [0.1, 0.15) is 74.0 Å². The Hall–Kier alpha value is -3.11. The molecule has 0 spiro atoms. The van der Waals surface area contributed by atoms with Crippen LogP contribution in [-0.2, 0) is 17.8 Å². The van der Waals surface area contributed by atoms with Crippen molar-refractivity contribution >= 4 is 29.3 Å². The third kappa shape index (κ3) is 5.63. The Morgan fingerprint density at radius 3 is 2.72 bits per heavy atom. The molecule has 1 saturated heterocycles. The average molecular weight is 559 g/mol. The number of likely N-dealkylation sites (tertiary alicyclic amines) is 1. The molecule has 2 fully saturated rings. The standard InChI is InChI=1S/C28H33ClF2N6O2/c1-3-19-13-28(26(38)39,10-11-37(19)15-18-8-5-9-20(29)23(18)30)14-21-24(31)25(17-6-4-7-17)34-27(32-21)33-22-12-16(2)35-36-22/h5,8-9,12,17,19H,3-4,6-7,10-11,13-15H2,1-2H3,(H,38,39)(H2,32,33,34,35,36)/t19-,28-/m1/s1. The Balaban J connectivity index is 1.43. The molecule has 0 unspecified atom stereocenters. The number of carboxylic acid groups (broad SMARTS) is 1. The van der Waals surface area contributed by atoms with E-state index in [2.05, 4.69) is 30.4 Å². The molecule has 3 aromatic rings. The van der Waals surface area contributed by atoms with E-state index in [0.717, 1.165) is 25.0 Å². The van der Waals surface area contributed by atoms with E-state index in [4.69, 9.17) is 11.6 Å². The first kappa shape index (κ1) is 27.5. The zero-order valence-corrected chi connectivity index (χ0v) is 22.9. The number of aryl methyl sites for hydroxylation is 1. The van der Waals surface area contributed by atoms with Crippen LogP contribution in [0.2, 0.25) is 5.02 Å². The Morgan fingerprint density at radius 2 is 2.08 bits per heavy atom. The summed E-state index contributed by atoms with van der Waals surface area (Å²) >= 11 is 5.98. The minimum atomic E-state index is -1.21. The quantitative estimate of drug-likeness (QED) is 0.289. The first-order valence-corrected chi connectivity index (χ1v) is 13.8. The molecule has 3 heterocycles. The van der Waals surface area contributed by atoms with Gasteiger partial charge in [-0.25, -0.2) is 18.7 Å². The second kappa shape index (κ2) is 11.2. The maximum atomic E-state index is 15.8. The lowest BCUT2D eigenvalue weighted by Gasteiger charge is -2.44. The van der Waals surface area contributed by atoms with E-state index in [1.807, 2.05) is 13.8 Å². The molecule has 208 valence electrons. The number of aromatic nitrogens is 4. The van der Waals surface area contributed by atoms with Crippen molar-refractivity contribution < 1.29 is 18.7 Å². The predicted molar refractivity (Wildman–Crippen MR) is 144 cm³/mol. The zero-order chi connectivity index (χ0) is 27.7. The molecule has 11 heteroatoms. The fraction of sp³-hybridized carbons (Fsp3) is 0.500. The van der Waals surface area contributed by atoms with Crippen LogP contribution >= 0.6 is 11.6 Å². The molecular weight excluding hydrogens is 526 g/mol. The summed E-state index contributed by atoms with van der Waals surface area (Å²) in [4.78, 5) is 23.8.